The van der Waals surface area contributed by atoms with E-state index in [0.717, 1.165) is 11.1 Å². The third-order valence-corrected chi connectivity index (χ3v) is 4.35. The topological polar surface area (TPSA) is 65.7 Å². The van der Waals surface area contributed by atoms with Crippen LogP contribution in [-0.2, 0) is 14.3 Å². The predicted octanol–water partition coefficient (Wildman–Crippen LogP) is 3.61. The molecule has 0 saturated heterocycles. The average Bonchev–Trinajstić information content (AvgIpc) is 3.15. The second-order valence-corrected chi connectivity index (χ2v) is 5.86. The summed E-state index contributed by atoms with van der Waals surface area (Å²) in [6.07, 6.45) is 3.59. The SMILES string of the molecule is CCOC(=O)[C@@H]1C(=O)C=C(c2cccc(OC)c2)C[C@H]1c1ccco1. The van der Waals surface area contributed by atoms with E-state index in [1.54, 1.807) is 32.4 Å². The molecule has 1 aromatic heterocycles. The van der Waals surface area contributed by atoms with Crippen LogP contribution in [0.1, 0.15) is 30.6 Å². The second-order valence-electron chi connectivity index (χ2n) is 5.86. The highest BCUT2D eigenvalue weighted by Gasteiger charge is 2.41. The van der Waals surface area contributed by atoms with Crippen LogP contribution >= 0.6 is 0 Å². The van der Waals surface area contributed by atoms with Crippen LogP contribution in [0.25, 0.3) is 5.57 Å². The van der Waals surface area contributed by atoms with E-state index >= 15 is 0 Å². The smallest absolute Gasteiger partial charge is 0.317 e. The second kappa shape index (κ2) is 7.38. The lowest BCUT2D eigenvalue weighted by Crippen LogP contribution is -2.33. The zero-order chi connectivity index (χ0) is 17.8. The quantitative estimate of drug-likeness (QED) is 0.614. The van der Waals surface area contributed by atoms with E-state index in [0.29, 0.717) is 17.9 Å². The first-order valence-corrected chi connectivity index (χ1v) is 8.23. The molecule has 0 fully saturated rings. The Labute approximate surface area is 146 Å². The van der Waals surface area contributed by atoms with Crippen molar-refractivity contribution in [1.82, 2.24) is 0 Å². The number of ketones is 1. The minimum Gasteiger partial charge on any atom is -0.497 e. The van der Waals surface area contributed by atoms with Crippen LogP contribution < -0.4 is 4.74 Å². The lowest BCUT2D eigenvalue weighted by atomic mass is 9.76. The number of rotatable bonds is 5. The van der Waals surface area contributed by atoms with Gasteiger partial charge in [-0.05, 0) is 54.8 Å². The van der Waals surface area contributed by atoms with Gasteiger partial charge in [0, 0.05) is 5.92 Å². The van der Waals surface area contributed by atoms with E-state index in [4.69, 9.17) is 13.9 Å². The van der Waals surface area contributed by atoms with Crippen molar-refractivity contribution in [3.8, 4) is 5.75 Å². The van der Waals surface area contributed by atoms with Crippen molar-refractivity contribution in [2.24, 2.45) is 5.92 Å². The van der Waals surface area contributed by atoms with Gasteiger partial charge in [0.15, 0.2) is 5.78 Å². The molecular formula is C20H20O5. The van der Waals surface area contributed by atoms with Crippen molar-refractivity contribution in [1.29, 1.82) is 0 Å². The number of hydrogen-bond donors (Lipinski definition) is 0. The lowest BCUT2D eigenvalue weighted by molar-refractivity contribution is -0.151. The highest BCUT2D eigenvalue weighted by molar-refractivity contribution is 6.10. The van der Waals surface area contributed by atoms with Crippen molar-refractivity contribution in [2.75, 3.05) is 13.7 Å². The van der Waals surface area contributed by atoms with Gasteiger partial charge in [-0.25, -0.2) is 0 Å². The number of carbonyl (C=O) groups excluding carboxylic acids is 2. The molecule has 5 nitrogen and oxygen atoms in total. The molecule has 0 aliphatic heterocycles. The molecule has 1 heterocycles. The van der Waals surface area contributed by atoms with Gasteiger partial charge in [-0.3, -0.25) is 9.59 Å². The van der Waals surface area contributed by atoms with Crippen LogP contribution in [0.5, 0.6) is 5.75 Å². The van der Waals surface area contributed by atoms with E-state index in [1.807, 2.05) is 24.3 Å². The first-order valence-electron chi connectivity index (χ1n) is 8.23. The number of methoxy groups -OCH3 is 1. The molecule has 0 radical (unpaired) electrons. The average molecular weight is 340 g/mol. The molecule has 2 aromatic rings. The van der Waals surface area contributed by atoms with Gasteiger partial charge in [-0.1, -0.05) is 12.1 Å². The maximum absolute atomic E-state index is 12.7. The van der Waals surface area contributed by atoms with Gasteiger partial charge in [0.05, 0.1) is 20.0 Å². The molecule has 1 aromatic carbocycles. The van der Waals surface area contributed by atoms with Gasteiger partial charge in [0.1, 0.15) is 17.4 Å². The Morgan fingerprint density at radius 1 is 1.28 bits per heavy atom. The summed E-state index contributed by atoms with van der Waals surface area (Å²) >= 11 is 0. The van der Waals surface area contributed by atoms with Gasteiger partial charge < -0.3 is 13.9 Å². The number of carbonyl (C=O) groups is 2. The summed E-state index contributed by atoms with van der Waals surface area (Å²) in [7, 11) is 1.60. The lowest BCUT2D eigenvalue weighted by Gasteiger charge is -2.27. The molecule has 130 valence electrons. The summed E-state index contributed by atoms with van der Waals surface area (Å²) in [5.41, 5.74) is 1.75. The minimum absolute atomic E-state index is 0.236. The van der Waals surface area contributed by atoms with Gasteiger partial charge in [-0.2, -0.15) is 0 Å². The zero-order valence-electron chi connectivity index (χ0n) is 14.2. The first-order chi connectivity index (χ1) is 12.1. The third-order valence-electron chi connectivity index (χ3n) is 4.35. The van der Waals surface area contributed by atoms with E-state index in [1.165, 1.54) is 6.08 Å². The van der Waals surface area contributed by atoms with Crippen molar-refractivity contribution in [2.45, 2.75) is 19.3 Å². The largest absolute Gasteiger partial charge is 0.497 e. The Morgan fingerprint density at radius 3 is 2.80 bits per heavy atom. The number of allylic oxidation sites excluding steroid dienone is 2. The van der Waals surface area contributed by atoms with E-state index < -0.39 is 11.9 Å². The fourth-order valence-corrected chi connectivity index (χ4v) is 3.18. The minimum atomic E-state index is -0.875. The Morgan fingerprint density at radius 2 is 2.12 bits per heavy atom. The molecule has 3 rings (SSSR count). The number of ether oxygens (including phenoxy) is 2. The number of benzene rings is 1. The number of hydrogen-bond acceptors (Lipinski definition) is 5. The first kappa shape index (κ1) is 17.0. The van der Waals surface area contributed by atoms with Crippen molar-refractivity contribution < 1.29 is 23.5 Å². The molecule has 2 atom stereocenters. The van der Waals surface area contributed by atoms with Crippen LogP contribution in [0.4, 0.5) is 0 Å². The Hall–Kier alpha value is -2.82. The van der Waals surface area contributed by atoms with Crippen LogP contribution in [0.15, 0.2) is 53.2 Å². The van der Waals surface area contributed by atoms with Crippen molar-refractivity contribution in [3.63, 3.8) is 0 Å². The van der Waals surface area contributed by atoms with Gasteiger partial charge in [-0.15, -0.1) is 0 Å². The zero-order valence-corrected chi connectivity index (χ0v) is 14.2. The van der Waals surface area contributed by atoms with Crippen LogP contribution in [0.2, 0.25) is 0 Å². The van der Waals surface area contributed by atoms with Gasteiger partial charge >= 0.3 is 5.97 Å². The molecule has 5 heteroatoms. The number of esters is 1. The maximum Gasteiger partial charge on any atom is 0.317 e. The molecular weight excluding hydrogens is 320 g/mol. The molecule has 25 heavy (non-hydrogen) atoms. The summed E-state index contributed by atoms with van der Waals surface area (Å²) in [5, 5.41) is 0. The Balaban J connectivity index is 1.99. The molecule has 0 amide bonds. The highest BCUT2D eigenvalue weighted by Crippen LogP contribution is 2.40. The Bertz CT molecular complexity index is 788. The van der Waals surface area contributed by atoms with Crippen LogP contribution in [0, 0.1) is 5.92 Å². The van der Waals surface area contributed by atoms with Crippen molar-refractivity contribution in [3.05, 3.63) is 60.1 Å². The summed E-state index contributed by atoms with van der Waals surface area (Å²) < 4.78 is 15.9. The normalized spacial score (nSPS) is 20.1. The van der Waals surface area contributed by atoms with Gasteiger partial charge in [0.25, 0.3) is 0 Å². The fraction of sp³-hybridized carbons (Fsp3) is 0.300. The molecule has 1 aliphatic carbocycles. The maximum atomic E-state index is 12.7. The summed E-state index contributed by atoms with van der Waals surface area (Å²) in [6, 6.07) is 11.1. The van der Waals surface area contributed by atoms with Crippen LogP contribution in [-0.4, -0.2) is 25.5 Å². The molecule has 0 spiro atoms. The molecule has 0 N–H and O–H groups in total. The number of furan rings is 1. The van der Waals surface area contributed by atoms with E-state index in [2.05, 4.69) is 0 Å². The molecule has 1 aliphatic rings. The molecule has 0 saturated carbocycles. The summed E-state index contributed by atoms with van der Waals surface area (Å²) in [6.45, 7) is 1.96. The van der Waals surface area contributed by atoms with Crippen LogP contribution in [0.3, 0.4) is 0 Å². The highest BCUT2D eigenvalue weighted by atomic mass is 16.5. The monoisotopic (exact) mass is 340 g/mol. The molecule has 0 bridgehead atoms. The fourth-order valence-electron chi connectivity index (χ4n) is 3.18. The van der Waals surface area contributed by atoms with Crippen molar-refractivity contribution >= 4 is 17.3 Å². The van der Waals surface area contributed by atoms with Gasteiger partial charge in [0.2, 0.25) is 0 Å². The Kier molecular flexibility index (Phi) is 5.03. The van der Waals surface area contributed by atoms with E-state index in [9.17, 15) is 9.59 Å². The third kappa shape index (κ3) is 3.50. The standard InChI is InChI=1S/C20H20O5/c1-3-24-20(22)19-16(18-8-5-9-25-18)11-14(12-17(19)21)13-6-4-7-15(10-13)23-2/h4-10,12,16,19H,3,11H2,1-2H3/t16-,19-/m0/s1. The summed E-state index contributed by atoms with van der Waals surface area (Å²) in [5.74, 6) is -0.695. The van der Waals surface area contributed by atoms with E-state index in [-0.39, 0.29) is 18.3 Å². The molecule has 0 unspecified atom stereocenters. The summed E-state index contributed by atoms with van der Waals surface area (Å²) in [4.78, 5) is 25.0. The predicted molar refractivity (Wildman–Crippen MR) is 92.2 cm³/mol.